The molecule has 1 saturated carbocycles. The predicted molar refractivity (Wildman–Crippen MR) is 138 cm³/mol. The fraction of sp³-hybridized carbons (Fsp3) is 0.440. The maximum atomic E-state index is 13.6. The molecule has 0 saturated heterocycles. The first-order chi connectivity index (χ1) is 16.2. The number of para-hydroxylation sites is 1. The first-order valence-electron chi connectivity index (χ1n) is 11.5. The van der Waals surface area contributed by atoms with Crippen molar-refractivity contribution in [3.63, 3.8) is 0 Å². The smallest absolute Gasteiger partial charge is 0.244 e. The Balaban J connectivity index is 1.85. The Morgan fingerprint density at radius 2 is 1.65 bits per heavy atom. The van der Waals surface area contributed by atoms with Gasteiger partial charge in [0.2, 0.25) is 21.8 Å². The van der Waals surface area contributed by atoms with Gasteiger partial charge in [0, 0.05) is 17.1 Å². The predicted octanol–water partition coefficient (Wildman–Crippen LogP) is 4.08. The zero-order valence-corrected chi connectivity index (χ0v) is 22.0. The number of anilines is 1. The van der Waals surface area contributed by atoms with E-state index < -0.39 is 28.5 Å². The largest absolute Gasteiger partial charge is 0.352 e. The fourth-order valence-electron chi connectivity index (χ4n) is 4.18. The Labute approximate surface area is 210 Å². The fourth-order valence-corrected chi connectivity index (χ4v) is 5.66. The molecule has 0 aliphatic heterocycles. The Morgan fingerprint density at radius 3 is 2.26 bits per heavy atom. The summed E-state index contributed by atoms with van der Waals surface area (Å²) in [5, 5.41) is 3.09. The van der Waals surface area contributed by atoms with Gasteiger partial charge in [-0.25, -0.2) is 8.42 Å². The van der Waals surface area contributed by atoms with Gasteiger partial charge in [0.05, 0.1) is 11.9 Å². The molecule has 2 amide bonds. The molecule has 2 aromatic carbocycles. The molecule has 0 unspecified atom stereocenters. The lowest BCUT2D eigenvalue weighted by Crippen LogP contribution is -2.53. The van der Waals surface area contributed by atoms with Gasteiger partial charge in [-0.15, -0.1) is 0 Å². The number of nitrogens with zero attached hydrogens (tertiary/aromatic N) is 2. The lowest BCUT2D eigenvalue weighted by molar-refractivity contribution is -0.139. The molecule has 34 heavy (non-hydrogen) atoms. The van der Waals surface area contributed by atoms with Gasteiger partial charge in [0.1, 0.15) is 12.6 Å². The van der Waals surface area contributed by atoms with Gasteiger partial charge in [-0.1, -0.05) is 61.7 Å². The second-order valence-corrected chi connectivity index (χ2v) is 11.5. The number of hydrogen-bond acceptors (Lipinski definition) is 4. The van der Waals surface area contributed by atoms with Crippen LogP contribution in [0.25, 0.3) is 0 Å². The minimum Gasteiger partial charge on any atom is -0.352 e. The molecular formula is C25H32BrN3O4S. The van der Waals surface area contributed by atoms with Crippen LogP contribution in [0.15, 0.2) is 59.1 Å². The SMILES string of the molecule is C[C@@H](C(=O)NC1CCCCC1)N(Cc1ccccc1)C(=O)CN(c1ccccc1Br)S(C)(=O)=O. The van der Waals surface area contributed by atoms with E-state index in [0.29, 0.717) is 10.2 Å². The average Bonchev–Trinajstić information content (AvgIpc) is 2.81. The number of nitrogens with one attached hydrogen (secondary N) is 1. The highest BCUT2D eigenvalue weighted by Gasteiger charge is 2.31. The molecule has 0 heterocycles. The van der Waals surface area contributed by atoms with Gasteiger partial charge in [-0.05, 0) is 53.4 Å². The zero-order chi connectivity index (χ0) is 24.7. The van der Waals surface area contributed by atoms with Gasteiger partial charge in [0.25, 0.3) is 0 Å². The second kappa shape index (κ2) is 11.8. The van der Waals surface area contributed by atoms with Gasteiger partial charge >= 0.3 is 0 Å². The molecular weight excluding hydrogens is 518 g/mol. The lowest BCUT2D eigenvalue weighted by Gasteiger charge is -2.33. The highest BCUT2D eigenvalue weighted by molar-refractivity contribution is 9.10. The van der Waals surface area contributed by atoms with Crippen molar-refractivity contribution in [1.29, 1.82) is 0 Å². The van der Waals surface area contributed by atoms with Gasteiger partial charge < -0.3 is 10.2 Å². The third-order valence-electron chi connectivity index (χ3n) is 6.11. The summed E-state index contributed by atoms with van der Waals surface area (Å²) in [6.07, 6.45) is 6.30. The minimum atomic E-state index is -3.76. The van der Waals surface area contributed by atoms with Crippen LogP contribution < -0.4 is 9.62 Å². The maximum absolute atomic E-state index is 13.6. The number of carbonyl (C=O) groups excluding carboxylic acids is 2. The monoisotopic (exact) mass is 549 g/mol. The Hall–Kier alpha value is -2.39. The van der Waals surface area contributed by atoms with Crippen LogP contribution in [0.1, 0.15) is 44.6 Å². The number of halogens is 1. The van der Waals surface area contributed by atoms with Crippen LogP contribution >= 0.6 is 15.9 Å². The molecule has 7 nitrogen and oxygen atoms in total. The van der Waals surface area contributed by atoms with E-state index in [4.69, 9.17) is 0 Å². The van der Waals surface area contributed by atoms with E-state index in [1.807, 2.05) is 30.3 Å². The Morgan fingerprint density at radius 1 is 1.03 bits per heavy atom. The van der Waals surface area contributed by atoms with Crippen LogP contribution in [0, 0.1) is 0 Å². The Bertz CT molecular complexity index is 1090. The van der Waals surface area contributed by atoms with Crippen LogP contribution in [-0.4, -0.2) is 50.0 Å². The van der Waals surface area contributed by atoms with Crippen molar-refractivity contribution < 1.29 is 18.0 Å². The third kappa shape index (κ3) is 7.06. The number of carbonyl (C=O) groups is 2. The van der Waals surface area contributed by atoms with Crippen molar-refractivity contribution in [2.45, 2.75) is 57.7 Å². The van der Waals surface area contributed by atoms with Crippen molar-refractivity contribution >= 4 is 43.5 Å². The van der Waals surface area contributed by atoms with Gasteiger partial charge in [-0.2, -0.15) is 0 Å². The highest BCUT2D eigenvalue weighted by Crippen LogP contribution is 2.28. The summed E-state index contributed by atoms with van der Waals surface area (Å²) in [6.45, 7) is 1.49. The summed E-state index contributed by atoms with van der Waals surface area (Å²) >= 11 is 3.38. The average molecular weight is 551 g/mol. The van der Waals surface area contributed by atoms with Crippen LogP contribution in [-0.2, 0) is 26.2 Å². The molecule has 0 bridgehead atoms. The van der Waals surface area contributed by atoms with E-state index in [0.717, 1.165) is 41.8 Å². The summed E-state index contributed by atoms with van der Waals surface area (Å²) in [5.41, 5.74) is 1.23. The van der Waals surface area contributed by atoms with Crippen molar-refractivity contribution in [1.82, 2.24) is 10.2 Å². The minimum absolute atomic E-state index is 0.116. The molecule has 1 aliphatic rings. The molecule has 1 atom stereocenters. The molecule has 2 aromatic rings. The van der Waals surface area contributed by atoms with Crippen LogP contribution in [0.5, 0.6) is 0 Å². The number of sulfonamides is 1. The van der Waals surface area contributed by atoms with E-state index in [1.165, 1.54) is 11.3 Å². The van der Waals surface area contributed by atoms with Crippen LogP contribution in [0.2, 0.25) is 0 Å². The molecule has 184 valence electrons. The second-order valence-electron chi connectivity index (χ2n) is 8.75. The van der Waals surface area contributed by atoms with Crippen molar-refractivity contribution in [2.75, 3.05) is 17.1 Å². The number of benzene rings is 2. The van der Waals surface area contributed by atoms with Crippen molar-refractivity contribution in [2.24, 2.45) is 0 Å². The number of hydrogen-bond donors (Lipinski definition) is 1. The van der Waals surface area contributed by atoms with E-state index >= 15 is 0 Å². The van der Waals surface area contributed by atoms with E-state index in [1.54, 1.807) is 31.2 Å². The molecule has 1 fully saturated rings. The highest BCUT2D eigenvalue weighted by atomic mass is 79.9. The van der Waals surface area contributed by atoms with E-state index in [2.05, 4.69) is 21.2 Å². The van der Waals surface area contributed by atoms with Crippen molar-refractivity contribution in [3.8, 4) is 0 Å². The first-order valence-corrected chi connectivity index (χ1v) is 14.2. The molecule has 3 rings (SSSR count). The van der Waals surface area contributed by atoms with Gasteiger partial charge in [-0.3, -0.25) is 13.9 Å². The van der Waals surface area contributed by atoms with Crippen molar-refractivity contribution in [3.05, 3.63) is 64.6 Å². The maximum Gasteiger partial charge on any atom is 0.244 e. The topological polar surface area (TPSA) is 86.8 Å². The molecule has 0 radical (unpaired) electrons. The quantitative estimate of drug-likeness (QED) is 0.510. The molecule has 0 aromatic heterocycles. The summed E-state index contributed by atoms with van der Waals surface area (Å²) in [7, 11) is -3.76. The summed E-state index contributed by atoms with van der Waals surface area (Å²) in [4.78, 5) is 28.1. The Kier molecular flexibility index (Phi) is 9.13. The summed E-state index contributed by atoms with van der Waals surface area (Å²) < 4.78 is 26.9. The summed E-state index contributed by atoms with van der Waals surface area (Å²) in [6, 6.07) is 15.6. The van der Waals surface area contributed by atoms with Gasteiger partial charge in [0.15, 0.2) is 0 Å². The van der Waals surface area contributed by atoms with E-state index in [9.17, 15) is 18.0 Å². The number of amides is 2. The zero-order valence-electron chi connectivity index (χ0n) is 19.6. The van der Waals surface area contributed by atoms with E-state index in [-0.39, 0.29) is 18.5 Å². The summed E-state index contributed by atoms with van der Waals surface area (Å²) in [5.74, 6) is -0.667. The molecule has 1 N–H and O–H groups in total. The molecule has 0 spiro atoms. The standard InChI is InChI=1S/C25H32BrN3O4S/c1-19(25(31)27-21-13-7-4-8-14-21)28(17-20-11-5-3-6-12-20)24(30)18-29(34(2,32)33)23-16-10-9-15-22(23)26/h3,5-6,9-12,15-16,19,21H,4,7-8,13-14,17-18H2,1-2H3,(H,27,31)/t19-/m0/s1. The lowest BCUT2D eigenvalue weighted by atomic mass is 9.95. The third-order valence-corrected chi connectivity index (χ3v) is 7.91. The molecule has 9 heteroatoms. The first kappa shape index (κ1) is 26.2. The molecule has 1 aliphatic carbocycles. The normalized spacial score (nSPS) is 15.4. The number of rotatable bonds is 9. The van der Waals surface area contributed by atoms with Crippen LogP contribution in [0.4, 0.5) is 5.69 Å². The van der Waals surface area contributed by atoms with Crippen LogP contribution in [0.3, 0.4) is 0 Å².